The van der Waals surface area contributed by atoms with Gasteiger partial charge in [0.05, 0.1) is 12.7 Å². The number of aryl methyl sites for hydroxylation is 1. The van der Waals surface area contributed by atoms with Crippen LogP contribution in [-0.4, -0.2) is 38.6 Å². The van der Waals surface area contributed by atoms with E-state index >= 15 is 0 Å². The van der Waals surface area contributed by atoms with Crippen LogP contribution in [0, 0.1) is 24.2 Å². The Bertz CT molecular complexity index is 628. The van der Waals surface area contributed by atoms with E-state index in [1.807, 2.05) is 6.07 Å². The molecule has 3 N–H and O–H groups in total. The van der Waals surface area contributed by atoms with Gasteiger partial charge in [0.25, 0.3) is 5.56 Å². The van der Waals surface area contributed by atoms with E-state index in [1.165, 1.54) is 13.1 Å². The van der Waals surface area contributed by atoms with Crippen molar-refractivity contribution in [2.45, 2.75) is 25.4 Å². The van der Waals surface area contributed by atoms with Gasteiger partial charge in [0.15, 0.2) is 6.23 Å². The van der Waals surface area contributed by atoms with Gasteiger partial charge >= 0.3 is 5.69 Å². The number of nitrogens with zero attached hydrogens (tertiary/aromatic N) is 2. The number of hydrogen-bond acceptors (Lipinski definition) is 6. The molecule has 0 radical (unpaired) electrons. The summed E-state index contributed by atoms with van der Waals surface area (Å²) in [7, 11) is 0. The second-order valence-electron chi connectivity index (χ2n) is 4.37. The van der Waals surface area contributed by atoms with Crippen LogP contribution in [0.2, 0.25) is 0 Å². The SMILES string of the molecule is Cc1cn([C@@H]2O[C@H](CO)C(C#N)[C@H]2O)c(=O)[nH]c1=O. The third-order valence-corrected chi connectivity index (χ3v) is 3.12. The number of aliphatic hydroxyl groups is 2. The Labute approximate surface area is 107 Å². The summed E-state index contributed by atoms with van der Waals surface area (Å²) in [5.74, 6) is -0.936. The minimum Gasteiger partial charge on any atom is -0.394 e. The molecule has 1 aliphatic heterocycles. The molecule has 0 aromatic carbocycles. The third-order valence-electron chi connectivity index (χ3n) is 3.12. The van der Waals surface area contributed by atoms with Gasteiger partial charge in [-0.1, -0.05) is 0 Å². The Morgan fingerprint density at radius 3 is 2.79 bits per heavy atom. The summed E-state index contributed by atoms with van der Waals surface area (Å²) in [5, 5.41) is 28.0. The Balaban J connectivity index is 2.44. The molecule has 1 unspecified atom stereocenters. The van der Waals surface area contributed by atoms with E-state index in [9.17, 15) is 14.7 Å². The van der Waals surface area contributed by atoms with Gasteiger partial charge in [-0.15, -0.1) is 0 Å². The molecule has 2 heterocycles. The van der Waals surface area contributed by atoms with Gasteiger partial charge in [-0.05, 0) is 6.92 Å². The molecule has 19 heavy (non-hydrogen) atoms. The van der Waals surface area contributed by atoms with Crippen LogP contribution in [0.5, 0.6) is 0 Å². The predicted molar refractivity (Wildman–Crippen MR) is 62.2 cm³/mol. The third kappa shape index (κ3) is 2.19. The highest BCUT2D eigenvalue weighted by molar-refractivity contribution is 5.05. The number of nitriles is 1. The molecular weight excluding hydrogens is 254 g/mol. The molecule has 8 heteroatoms. The summed E-state index contributed by atoms with van der Waals surface area (Å²) in [4.78, 5) is 25.0. The van der Waals surface area contributed by atoms with Crippen LogP contribution in [-0.2, 0) is 4.74 Å². The summed E-state index contributed by atoms with van der Waals surface area (Å²) in [6.45, 7) is 1.06. The van der Waals surface area contributed by atoms with Crippen molar-refractivity contribution in [1.29, 1.82) is 5.26 Å². The molecule has 2 rings (SSSR count). The average molecular weight is 267 g/mol. The van der Waals surface area contributed by atoms with Crippen LogP contribution in [0.3, 0.4) is 0 Å². The number of aromatic amines is 1. The van der Waals surface area contributed by atoms with Gasteiger partial charge in [-0.3, -0.25) is 14.3 Å². The van der Waals surface area contributed by atoms with Crippen molar-refractivity contribution in [2.75, 3.05) is 6.61 Å². The zero-order valence-electron chi connectivity index (χ0n) is 10.1. The second kappa shape index (κ2) is 4.97. The summed E-state index contributed by atoms with van der Waals surface area (Å²) in [6, 6.07) is 1.84. The molecule has 1 aromatic rings. The highest BCUT2D eigenvalue weighted by atomic mass is 16.5. The molecule has 0 bridgehead atoms. The monoisotopic (exact) mass is 267 g/mol. The van der Waals surface area contributed by atoms with Gasteiger partial charge in [-0.25, -0.2) is 4.79 Å². The summed E-state index contributed by atoms with van der Waals surface area (Å²) in [6.07, 6.45) is -1.98. The van der Waals surface area contributed by atoms with Crippen LogP contribution >= 0.6 is 0 Å². The lowest BCUT2D eigenvalue weighted by Crippen LogP contribution is -2.37. The zero-order valence-corrected chi connectivity index (χ0v) is 10.1. The lowest BCUT2D eigenvalue weighted by molar-refractivity contribution is -0.0534. The standard InChI is InChI=1S/C11H13N3O5/c1-5-3-14(11(18)13-9(5)17)10-8(16)6(2-12)7(4-15)19-10/h3,6-8,10,15-16H,4H2,1H3,(H,13,17,18)/t6?,7-,8-,10-/m1/s1. The summed E-state index contributed by atoms with van der Waals surface area (Å²) in [5.41, 5.74) is -0.990. The zero-order chi connectivity index (χ0) is 14.2. The van der Waals surface area contributed by atoms with Crippen LogP contribution < -0.4 is 11.2 Å². The Kier molecular flexibility index (Phi) is 3.53. The van der Waals surface area contributed by atoms with E-state index in [4.69, 9.17) is 15.1 Å². The Hall–Kier alpha value is -1.95. The highest BCUT2D eigenvalue weighted by Crippen LogP contribution is 2.32. The van der Waals surface area contributed by atoms with Crippen molar-refractivity contribution >= 4 is 0 Å². The minimum absolute atomic E-state index is 0.274. The molecule has 0 saturated carbocycles. The fraction of sp³-hybridized carbons (Fsp3) is 0.545. The highest BCUT2D eigenvalue weighted by Gasteiger charge is 2.45. The van der Waals surface area contributed by atoms with Crippen molar-refractivity contribution in [3.8, 4) is 6.07 Å². The first-order valence-electron chi connectivity index (χ1n) is 5.65. The molecule has 8 nitrogen and oxygen atoms in total. The topological polar surface area (TPSA) is 128 Å². The van der Waals surface area contributed by atoms with Crippen LogP contribution in [0.4, 0.5) is 0 Å². The number of aliphatic hydroxyl groups excluding tert-OH is 2. The van der Waals surface area contributed by atoms with Gasteiger partial charge in [0.2, 0.25) is 0 Å². The summed E-state index contributed by atoms with van der Waals surface area (Å²) >= 11 is 0. The van der Waals surface area contributed by atoms with E-state index < -0.39 is 42.2 Å². The number of rotatable bonds is 2. The van der Waals surface area contributed by atoms with Gasteiger partial charge in [0.1, 0.15) is 18.1 Å². The van der Waals surface area contributed by atoms with Crippen molar-refractivity contribution in [3.05, 3.63) is 32.6 Å². The van der Waals surface area contributed by atoms with E-state index in [2.05, 4.69) is 4.98 Å². The fourth-order valence-electron chi connectivity index (χ4n) is 2.06. The smallest absolute Gasteiger partial charge is 0.330 e. The molecule has 0 spiro atoms. The van der Waals surface area contributed by atoms with Gasteiger partial charge < -0.3 is 14.9 Å². The van der Waals surface area contributed by atoms with Gasteiger partial charge in [-0.2, -0.15) is 5.26 Å². The molecule has 0 aliphatic carbocycles. The van der Waals surface area contributed by atoms with Crippen LogP contribution in [0.25, 0.3) is 0 Å². The lowest BCUT2D eigenvalue weighted by atomic mass is 10.0. The van der Waals surface area contributed by atoms with Crippen LogP contribution in [0.1, 0.15) is 11.8 Å². The van der Waals surface area contributed by atoms with Crippen molar-refractivity contribution < 1.29 is 14.9 Å². The maximum Gasteiger partial charge on any atom is 0.330 e. The maximum absolute atomic E-state index is 11.7. The van der Waals surface area contributed by atoms with E-state index in [-0.39, 0.29) is 5.56 Å². The van der Waals surface area contributed by atoms with Gasteiger partial charge in [0, 0.05) is 11.8 Å². The Morgan fingerprint density at radius 2 is 2.26 bits per heavy atom. The van der Waals surface area contributed by atoms with Crippen LogP contribution in [0.15, 0.2) is 15.8 Å². The number of ether oxygens (including phenoxy) is 1. The number of H-pyrrole nitrogens is 1. The first-order chi connectivity index (χ1) is 8.99. The normalized spacial score (nSPS) is 30.2. The number of hydrogen-bond donors (Lipinski definition) is 3. The maximum atomic E-state index is 11.7. The minimum atomic E-state index is -1.26. The number of nitrogens with one attached hydrogen (secondary N) is 1. The lowest BCUT2D eigenvalue weighted by Gasteiger charge is -2.17. The predicted octanol–water partition coefficient (Wildman–Crippen LogP) is -1.76. The quantitative estimate of drug-likeness (QED) is 0.582. The second-order valence-corrected chi connectivity index (χ2v) is 4.37. The molecule has 1 saturated heterocycles. The van der Waals surface area contributed by atoms with Crippen molar-refractivity contribution in [2.24, 2.45) is 5.92 Å². The fourth-order valence-corrected chi connectivity index (χ4v) is 2.06. The first-order valence-corrected chi connectivity index (χ1v) is 5.65. The molecule has 1 aliphatic rings. The van der Waals surface area contributed by atoms with E-state index in [1.54, 1.807) is 0 Å². The first kappa shape index (κ1) is 13.5. The molecule has 4 atom stereocenters. The van der Waals surface area contributed by atoms with Crippen molar-refractivity contribution in [1.82, 2.24) is 9.55 Å². The molecule has 0 amide bonds. The summed E-state index contributed by atoms with van der Waals surface area (Å²) < 4.78 is 6.32. The van der Waals surface area contributed by atoms with E-state index in [0.29, 0.717) is 0 Å². The largest absolute Gasteiger partial charge is 0.394 e. The molecule has 1 aromatic heterocycles. The van der Waals surface area contributed by atoms with E-state index in [0.717, 1.165) is 4.57 Å². The molecular formula is C11H13N3O5. The average Bonchev–Trinajstić information content (AvgIpc) is 2.70. The number of aromatic nitrogens is 2. The molecule has 102 valence electrons. The molecule has 1 fully saturated rings. The van der Waals surface area contributed by atoms with Crippen molar-refractivity contribution in [3.63, 3.8) is 0 Å². The Morgan fingerprint density at radius 1 is 1.58 bits per heavy atom.